The van der Waals surface area contributed by atoms with E-state index < -0.39 is 0 Å². The summed E-state index contributed by atoms with van der Waals surface area (Å²) in [4.78, 5) is 15.7. The molecule has 0 saturated heterocycles. The minimum absolute atomic E-state index is 0.0295. The van der Waals surface area contributed by atoms with E-state index in [1.807, 2.05) is 12.1 Å². The van der Waals surface area contributed by atoms with Crippen molar-refractivity contribution in [3.63, 3.8) is 0 Å². The van der Waals surface area contributed by atoms with Crippen molar-refractivity contribution in [1.29, 1.82) is 0 Å². The highest BCUT2D eigenvalue weighted by Gasteiger charge is 2.18. The Morgan fingerprint density at radius 3 is 3.00 bits per heavy atom. The summed E-state index contributed by atoms with van der Waals surface area (Å²) in [6.45, 7) is 0.773. The maximum absolute atomic E-state index is 11.4. The standard InChI is InChI=1S/C14H21N3O2/c1-15-10-13(18)17-9-11-5-4-8-16-14(11)19-12-6-2-3-7-12/h4-5,8,12,15H,2-3,6-7,9-10H2,1H3,(H,17,18). The van der Waals surface area contributed by atoms with Crippen LogP contribution in [0, 0.1) is 0 Å². The van der Waals surface area contributed by atoms with Gasteiger partial charge in [-0.05, 0) is 38.8 Å². The van der Waals surface area contributed by atoms with Gasteiger partial charge in [0.05, 0.1) is 6.54 Å². The van der Waals surface area contributed by atoms with Crippen LogP contribution in [0.25, 0.3) is 0 Å². The predicted molar refractivity (Wildman–Crippen MR) is 72.9 cm³/mol. The molecular formula is C14H21N3O2. The molecule has 5 heteroatoms. The molecule has 19 heavy (non-hydrogen) atoms. The smallest absolute Gasteiger partial charge is 0.234 e. The summed E-state index contributed by atoms with van der Waals surface area (Å²) < 4.78 is 5.92. The van der Waals surface area contributed by atoms with Crippen LogP contribution < -0.4 is 15.4 Å². The van der Waals surface area contributed by atoms with E-state index in [-0.39, 0.29) is 12.0 Å². The summed E-state index contributed by atoms with van der Waals surface area (Å²) in [5.74, 6) is 0.623. The number of hydrogen-bond acceptors (Lipinski definition) is 4. The van der Waals surface area contributed by atoms with E-state index in [2.05, 4.69) is 15.6 Å². The van der Waals surface area contributed by atoms with Crippen LogP contribution in [0.5, 0.6) is 5.88 Å². The highest BCUT2D eigenvalue weighted by molar-refractivity contribution is 5.77. The molecule has 0 atom stereocenters. The highest BCUT2D eigenvalue weighted by Crippen LogP contribution is 2.24. The SMILES string of the molecule is CNCC(=O)NCc1cccnc1OC1CCCC1. The fraction of sp³-hybridized carbons (Fsp3) is 0.571. The third-order valence-electron chi connectivity index (χ3n) is 3.24. The van der Waals surface area contributed by atoms with Crippen molar-refractivity contribution in [2.45, 2.75) is 38.3 Å². The van der Waals surface area contributed by atoms with Crippen LogP contribution in [0.3, 0.4) is 0 Å². The maximum atomic E-state index is 11.4. The molecule has 1 aliphatic rings. The van der Waals surface area contributed by atoms with Crippen molar-refractivity contribution < 1.29 is 9.53 Å². The van der Waals surface area contributed by atoms with Gasteiger partial charge in [-0.25, -0.2) is 4.98 Å². The minimum atomic E-state index is -0.0295. The number of ether oxygens (including phenoxy) is 1. The first-order valence-electron chi connectivity index (χ1n) is 6.81. The second-order valence-electron chi connectivity index (χ2n) is 4.80. The van der Waals surface area contributed by atoms with Gasteiger partial charge in [-0.3, -0.25) is 4.79 Å². The summed E-state index contributed by atoms with van der Waals surface area (Å²) in [5.41, 5.74) is 0.929. The second kappa shape index (κ2) is 7.09. The predicted octanol–water partition coefficient (Wildman–Crippen LogP) is 1.24. The molecule has 0 radical (unpaired) electrons. The molecule has 1 aliphatic carbocycles. The van der Waals surface area contributed by atoms with Gasteiger partial charge in [-0.2, -0.15) is 0 Å². The number of rotatable bonds is 6. The first-order valence-corrected chi connectivity index (χ1v) is 6.81. The summed E-state index contributed by atoms with van der Waals surface area (Å²) in [7, 11) is 1.75. The van der Waals surface area contributed by atoms with E-state index in [1.54, 1.807) is 13.2 Å². The molecule has 0 spiro atoms. The summed E-state index contributed by atoms with van der Waals surface area (Å²) >= 11 is 0. The number of pyridine rings is 1. The zero-order valence-electron chi connectivity index (χ0n) is 11.3. The summed E-state index contributed by atoms with van der Waals surface area (Å²) in [5, 5.41) is 5.66. The zero-order valence-corrected chi connectivity index (χ0v) is 11.3. The average Bonchev–Trinajstić information content (AvgIpc) is 2.91. The number of carbonyl (C=O) groups excluding carboxylic acids is 1. The van der Waals surface area contributed by atoms with Crippen LogP contribution in [0.4, 0.5) is 0 Å². The molecule has 0 aliphatic heterocycles. The van der Waals surface area contributed by atoms with Gasteiger partial charge < -0.3 is 15.4 Å². The Labute approximate surface area is 113 Å². The first kappa shape index (κ1) is 13.8. The molecule has 2 N–H and O–H groups in total. The molecule has 5 nitrogen and oxygen atoms in total. The van der Waals surface area contributed by atoms with Gasteiger partial charge in [-0.1, -0.05) is 6.07 Å². The molecule has 1 amide bonds. The number of likely N-dealkylation sites (N-methyl/N-ethyl adjacent to an activating group) is 1. The monoisotopic (exact) mass is 263 g/mol. The molecule has 1 fully saturated rings. The minimum Gasteiger partial charge on any atom is -0.474 e. The molecule has 0 unspecified atom stereocenters. The molecular weight excluding hydrogens is 242 g/mol. The Morgan fingerprint density at radius 2 is 2.26 bits per heavy atom. The molecule has 1 saturated carbocycles. The van der Waals surface area contributed by atoms with Crippen molar-refractivity contribution >= 4 is 5.91 Å². The number of aromatic nitrogens is 1. The summed E-state index contributed by atoms with van der Waals surface area (Å²) in [6.07, 6.45) is 6.66. The van der Waals surface area contributed by atoms with E-state index in [0.29, 0.717) is 19.0 Å². The number of hydrogen-bond donors (Lipinski definition) is 2. The van der Waals surface area contributed by atoms with Crippen LogP contribution in [-0.4, -0.2) is 30.6 Å². The first-order chi connectivity index (χ1) is 9.29. The average molecular weight is 263 g/mol. The molecule has 1 aromatic heterocycles. The molecule has 104 valence electrons. The van der Waals surface area contributed by atoms with Crippen molar-refractivity contribution in [2.24, 2.45) is 0 Å². The van der Waals surface area contributed by atoms with Gasteiger partial charge in [0, 0.05) is 18.3 Å². The lowest BCUT2D eigenvalue weighted by molar-refractivity contribution is -0.120. The molecule has 0 bridgehead atoms. The van der Waals surface area contributed by atoms with Gasteiger partial charge in [0.15, 0.2) is 0 Å². The Kier molecular flexibility index (Phi) is 5.15. The van der Waals surface area contributed by atoms with Crippen LogP contribution in [-0.2, 0) is 11.3 Å². The lowest BCUT2D eigenvalue weighted by Gasteiger charge is -2.15. The largest absolute Gasteiger partial charge is 0.474 e. The van der Waals surface area contributed by atoms with Crippen LogP contribution in [0.15, 0.2) is 18.3 Å². The van der Waals surface area contributed by atoms with E-state index in [0.717, 1.165) is 18.4 Å². The zero-order chi connectivity index (χ0) is 13.5. The normalized spacial score (nSPS) is 15.4. The molecule has 1 heterocycles. The van der Waals surface area contributed by atoms with Gasteiger partial charge in [0.1, 0.15) is 6.10 Å². The van der Waals surface area contributed by atoms with Crippen LogP contribution >= 0.6 is 0 Å². The fourth-order valence-electron chi connectivity index (χ4n) is 2.25. The topological polar surface area (TPSA) is 63.2 Å². The fourth-order valence-corrected chi connectivity index (χ4v) is 2.25. The van der Waals surface area contributed by atoms with E-state index in [9.17, 15) is 4.79 Å². The van der Waals surface area contributed by atoms with Crippen LogP contribution in [0.2, 0.25) is 0 Å². The quantitative estimate of drug-likeness (QED) is 0.810. The number of amides is 1. The Hall–Kier alpha value is -1.62. The van der Waals surface area contributed by atoms with Gasteiger partial charge in [0.2, 0.25) is 11.8 Å². The second-order valence-corrected chi connectivity index (χ2v) is 4.80. The highest BCUT2D eigenvalue weighted by atomic mass is 16.5. The molecule has 2 rings (SSSR count). The van der Waals surface area contributed by atoms with Crippen LogP contribution in [0.1, 0.15) is 31.2 Å². The van der Waals surface area contributed by atoms with Gasteiger partial charge >= 0.3 is 0 Å². The molecule has 1 aromatic rings. The van der Waals surface area contributed by atoms with Gasteiger partial charge in [-0.15, -0.1) is 0 Å². The molecule has 0 aromatic carbocycles. The van der Waals surface area contributed by atoms with E-state index in [1.165, 1.54) is 12.8 Å². The Morgan fingerprint density at radius 1 is 1.47 bits per heavy atom. The number of nitrogens with one attached hydrogen (secondary N) is 2. The van der Waals surface area contributed by atoms with Crippen molar-refractivity contribution in [2.75, 3.05) is 13.6 Å². The van der Waals surface area contributed by atoms with Crippen molar-refractivity contribution in [1.82, 2.24) is 15.6 Å². The van der Waals surface area contributed by atoms with E-state index in [4.69, 9.17) is 4.74 Å². The van der Waals surface area contributed by atoms with Crippen molar-refractivity contribution in [3.8, 4) is 5.88 Å². The Bertz CT molecular complexity index is 417. The maximum Gasteiger partial charge on any atom is 0.234 e. The number of nitrogens with zero attached hydrogens (tertiary/aromatic N) is 1. The lowest BCUT2D eigenvalue weighted by atomic mass is 10.2. The van der Waals surface area contributed by atoms with Crippen molar-refractivity contribution in [3.05, 3.63) is 23.9 Å². The third kappa shape index (κ3) is 4.21. The third-order valence-corrected chi connectivity index (χ3v) is 3.24. The Balaban J connectivity index is 1.93. The lowest BCUT2D eigenvalue weighted by Crippen LogP contribution is -2.31. The summed E-state index contributed by atoms with van der Waals surface area (Å²) in [6, 6.07) is 3.80. The number of carbonyl (C=O) groups is 1. The van der Waals surface area contributed by atoms with Gasteiger partial charge in [0.25, 0.3) is 0 Å². The van der Waals surface area contributed by atoms with E-state index >= 15 is 0 Å².